The third-order valence-corrected chi connectivity index (χ3v) is 2.06. The van der Waals surface area contributed by atoms with E-state index in [-0.39, 0.29) is 0 Å². The van der Waals surface area contributed by atoms with E-state index < -0.39 is 0 Å². The molecule has 0 atom stereocenters. The zero-order chi connectivity index (χ0) is 7.68. The summed E-state index contributed by atoms with van der Waals surface area (Å²) >= 11 is 2.91. The quantitative estimate of drug-likeness (QED) is 0.701. The van der Waals surface area contributed by atoms with Crippen molar-refractivity contribution >= 4 is 28.2 Å². The molecule has 0 aromatic heterocycles. The van der Waals surface area contributed by atoms with Crippen LogP contribution in [0, 0.1) is 0 Å². The lowest BCUT2D eigenvalue weighted by Gasteiger charge is -1.98. The Hall–Kier alpha value is -0.830. The van der Waals surface area contributed by atoms with Crippen LogP contribution in [-0.4, -0.2) is 6.21 Å². The average Bonchev–Trinajstić information content (AvgIpc) is 2.50. The van der Waals surface area contributed by atoms with Crippen molar-refractivity contribution in [2.45, 2.75) is 6.42 Å². The summed E-state index contributed by atoms with van der Waals surface area (Å²) in [7, 11) is 0. The fourth-order valence-corrected chi connectivity index (χ4v) is 1.33. The molecule has 0 saturated carbocycles. The van der Waals surface area contributed by atoms with Gasteiger partial charge in [0, 0.05) is 18.7 Å². The molecule has 0 fully saturated rings. The number of aliphatic imine (C=N–C) groups is 1. The van der Waals surface area contributed by atoms with Gasteiger partial charge in [-0.1, -0.05) is 6.07 Å². The highest BCUT2D eigenvalue weighted by atomic mass is 79.9. The smallest absolute Gasteiger partial charge is 0.179 e. The molecule has 0 amide bonds. The van der Waals surface area contributed by atoms with E-state index in [2.05, 4.69) is 21.3 Å². The van der Waals surface area contributed by atoms with E-state index in [0.29, 0.717) is 0 Å². The maximum absolute atomic E-state index is 4.88. The molecular weight excluding hydrogens is 206 g/mol. The minimum Gasteiger partial charge on any atom is -0.418 e. The van der Waals surface area contributed by atoms with E-state index in [0.717, 1.165) is 17.9 Å². The van der Waals surface area contributed by atoms with Crippen LogP contribution >= 0.6 is 16.3 Å². The molecule has 0 N–H and O–H groups in total. The third kappa shape index (κ3) is 1.16. The molecule has 0 bridgehead atoms. The Morgan fingerprint density at radius 3 is 3.18 bits per heavy atom. The van der Waals surface area contributed by atoms with Gasteiger partial charge < -0.3 is 3.83 Å². The Balaban J connectivity index is 2.47. The molecule has 1 aliphatic heterocycles. The monoisotopic (exact) mass is 211 g/mol. The summed E-state index contributed by atoms with van der Waals surface area (Å²) in [6.45, 7) is 0. The van der Waals surface area contributed by atoms with Crippen LogP contribution in [0.1, 0.15) is 5.56 Å². The summed E-state index contributed by atoms with van der Waals surface area (Å²) in [5.41, 5.74) is 2.28. The number of fused-ring (bicyclic) bond motifs is 1. The van der Waals surface area contributed by atoms with Crippen LogP contribution < -0.4 is 3.83 Å². The number of hydrogen-bond donors (Lipinski definition) is 0. The molecule has 0 aliphatic carbocycles. The third-order valence-electron chi connectivity index (χ3n) is 1.69. The molecule has 1 aliphatic rings. The summed E-state index contributed by atoms with van der Waals surface area (Å²) in [4.78, 5) is 4.18. The highest BCUT2D eigenvalue weighted by Crippen LogP contribution is 2.28. The molecule has 56 valence electrons. The lowest BCUT2D eigenvalue weighted by atomic mass is 10.1. The molecule has 1 aromatic carbocycles. The normalized spacial score (nSPS) is 13.2. The summed E-state index contributed by atoms with van der Waals surface area (Å²) in [5, 5.41) is 0. The van der Waals surface area contributed by atoms with E-state index in [1.54, 1.807) is 0 Å². The Morgan fingerprint density at radius 2 is 2.36 bits per heavy atom. The Labute approximate surface area is 73.4 Å². The van der Waals surface area contributed by atoms with Crippen LogP contribution in [0.5, 0.6) is 5.75 Å². The zero-order valence-electron chi connectivity index (χ0n) is 5.75. The first-order valence-corrected chi connectivity index (χ1v) is 3.99. The van der Waals surface area contributed by atoms with Gasteiger partial charge in [0.15, 0.2) is 16.3 Å². The highest BCUT2D eigenvalue weighted by Gasteiger charge is 2.06. The van der Waals surface area contributed by atoms with Gasteiger partial charge in [-0.3, -0.25) is 4.99 Å². The topological polar surface area (TPSA) is 21.6 Å². The standard InChI is InChI=1S/C8H6BrNO/c9-11-7-2-1-6-3-4-10-8(6)5-7/h1-2,4-5H,3H2. The molecule has 0 spiro atoms. The molecule has 11 heavy (non-hydrogen) atoms. The van der Waals surface area contributed by atoms with Crippen molar-refractivity contribution < 1.29 is 3.83 Å². The largest absolute Gasteiger partial charge is 0.418 e. The van der Waals surface area contributed by atoms with Crippen LogP contribution in [0.15, 0.2) is 23.2 Å². The molecule has 3 heteroatoms. The van der Waals surface area contributed by atoms with Gasteiger partial charge >= 0.3 is 0 Å². The second-order valence-electron chi connectivity index (χ2n) is 2.38. The summed E-state index contributed by atoms with van der Waals surface area (Å²) in [5.74, 6) is 0.794. The number of benzene rings is 1. The SMILES string of the molecule is BrOc1ccc2c(c1)N=CC2. The van der Waals surface area contributed by atoms with E-state index >= 15 is 0 Å². The van der Waals surface area contributed by atoms with Crippen LogP contribution in [0.25, 0.3) is 0 Å². The van der Waals surface area contributed by atoms with Gasteiger partial charge in [0.2, 0.25) is 0 Å². The van der Waals surface area contributed by atoms with Crippen molar-refractivity contribution in [3.05, 3.63) is 23.8 Å². The van der Waals surface area contributed by atoms with Crippen molar-refractivity contribution in [1.82, 2.24) is 0 Å². The van der Waals surface area contributed by atoms with E-state index in [1.807, 2.05) is 24.4 Å². The summed E-state index contributed by atoms with van der Waals surface area (Å²) < 4.78 is 4.88. The lowest BCUT2D eigenvalue weighted by Crippen LogP contribution is -1.79. The van der Waals surface area contributed by atoms with Gasteiger partial charge in [-0.15, -0.1) is 0 Å². The maximum Gasteiger partial charge on any atom is 0.179 e. The number of halogens is 1. The molecule has 1 heterocycles. The highest BCUT2D eigenvalue weighted by molar-refractivity contribution is 9.06. The first kappa shape index (κ1) is 6.85. The minimum atomic E-state index is 0.794. The zero-order valence-corrected chi connectivity index (χ0v) is 7.34. The van der Waals surface area contributed by atoms with Gasteiger partial charge in [0.05, 0.1) is 5.69 Å². The Morgan fingerprint density at radius 1 is 1.45 bits per heavy atom. The first-order chi connectivity index (χ1) is 5.40. The summed E-state index contributed by atoms with van der Waals surface area (Å²) in [6, 6.07) is 5.86. The average molecular weight is 212 g/mol. The molecule has 0 saturated heterocycles. The summed E-state index contributed by atoms with van der Waals surface area (Å²) in [6.07, 6.45) is 2.85. The second-order valence-corrected chi connectivity index (χ2v) is 2.71. The number of nitrogens with zero attached hydrogens (tertiary/aromatic N) is 1. The van der Waals surface area contributed by atoms with Gasteiger partial charge in [-0.25, -0.2) is 0 Å². The van der Waals surface area contributed by atoms with Crippen molar-refractivity contribution in [3.63, 3.8) is 0 Å². The minimum absolute atomic E-state index is 0.794. The van der Waals surface area contributed by atoms with Gasteiger partial charge in [-0.05, 0) is 11.6 Å². The second kappa shape index (κ2) is 2.66. The molecule has 2 nitrogen and oxygen atoms in total. The fraction of sp³-hybridized carbons (Fsp3) is 0.125. The lowest BCUT2D eigenvalue weighted by molar-refractivity contribution is 0.678. The maximum atomic E-state index is 4.88. The van der Waals surface area contributed by atoms with Crippen molar-refractivity contribution in [2.75, 3.05) is 0 Å². The Bertz CT molecular complexity index is 309. The Kier molecular flexibility index (Phi) is 1.66. The predicted octanol–water partition coefficient (Wildman–Crippen LogP) is 2.63. The van der Waals surface area contributed by atoms with Crippen LogP contribution in [0.3, 0.4) is 0 Å². The van der Waals surface area contributed by atoms with Gasteiger partial charge in [-0.2, -0.15) is 0 Å². The van der Waals surface area contributed by atoms with Gasteiger partial charge in [0.25, 0.3) is 0 Å². The predicted molar refractivity (Wildman–Crippen MR) is 47.9 cm³/mol. The van der Waals surface area contributed by atoms with Crippen molar-refractivity contribution in [3.8, 4) is 5.75 Å². The van der Waals surface area contributed by atoms with E-state index in [1.165, 1.54) is 5.56 Å². The van der Waals surface area contributed by atoms with E-state index in [9.17, 15) is 0 Å². The van der Waals surface area contributed by atoms with Crippen LogP contribution in [0.2, 0.25) is 0 Å². The molecular formula is C8H6BrNO. The van der Waals surface area contributed by atoms with E-state index in [4.69, 9.17) is 3.83 Å². The number of hydrogen-bond acceptors (Lipinski definition) is 2. The molecule has 1 aromatic rings. The van der Waals surface area contributed by atoms with Crippen molar-refractivity contribution in [1.29, 1.82) is 0 Å². The molecule has 0 radical (unpaired) electrons. The van der Waals surface area contributed by atoms with Crippen molar-refractivity contribution in [2.24, 2.45) is 4.99 Å². The fourth-order valence-electron chi connectivity index (χ4n) is 1.13. The number of rotatable bonds is 1. The van der Waals surface area contributed by atoms with Crippen LogP contribution in [0.4, 0.5) is 5.69 Å². The van der Waals surface area contributed by atoms with Crippen LogP contribution in [-0.2, 0) is 6.42 Å². The molecule has 0 unspecified atom stereocenters. The first-order valence-electron chi connectivity index (χ1n) is 3.34. The van der Waals surface area contributed by atoms with Gasteiger partial charge in [0.1, 0.15) is 5.75 Å². The molecule has 2 rings (SSSR count).